The van der Waals surface area contributed by atoms with Gasteiger partial charge in [-0.1, -0.05) is 61.9 Å². The van der Waals surface area contributed by atoms with E-state index in [0.717, 1.165) is 62.1 Å². The van der Waals surface area contributed by atoms with Crippen molar-refractivity contribution in [1.82, 2.24) is 5.32 Å². The topological polar surface area (TPSA) is 58.2 Å². The number of quaternary nitrogens is 1. The number of anilines is 1. The highest BCUT2D eigenvalue weighted by molar-refractivity contribution is 5.93. The van der Waals surface area contributed by atoms with Gasteiger partial charge < -0.3 is 15.1 Å². The lowest BCUT2D eigenvalue weighted by Gasteiger charge is -2.43. The number of nitrogens with one attached hydrogen (secondary N) is 2. The molecule has 2 aromatic carbocycles. The maximum absolute atomic E-state index is 13.2. The fourth-order valence-electron chi connectivity index (χ4n) is 4.88. The average molecular weight is 437 g/mol. The SMILES string of the molecule is CCCCNC(=O)C1CCC[N+](CC(=O)Nc2c(C)cccc2C)(Cc2ccccc2)C1. The molecule has 172 valence electrons. The molecule has 1 aliphatic heterocycles. The molecule has 2 atom stereocenters. The van der Waals surface area contributed by atoms with E-state index in [1.165, 1.54) is 5.56 Å². The van der Waals surface area contributed by atoms with Crippen LogP contribution in [0.15, 0.2) is 48.5 Å². The lowest BCUT2D eigenvalue weighted by atomic mass is 9.93. The summed E-state index contributed by atoms with van der Waals surface area (Å²) in [5.74, 6) is 0.117. The van der Waals surface area contributed by atoms with Crippen molar-refractivity contribution in [2.24, 2.45) is 5.92 Å². The number of rotatable bonds is 9. The Labute approximate surface area is 192 Å². The number of hydrogen-bond donors (Lipinski definition) is 2. The van der Waals surface area contributed by atoms with E-state index in [0.29, 0.717) is 17.6 Å². The highest BCUT2D eigenvalue weighted by atomic mass is 16.2. The molecule has 0 bridgehead atoms. The Bertz CT molecular complexity index is 892. The van der Waals surface area contributed by atoms with Gasteiger partial charge in [0.25, 0.3) is 5.91 Å². The maximum atomic E-state index is 13.2. The van der Waals surface area contributed by atoms with Crippen molar-refractivity contribution in [3.8, 4) is 0 Å². The molecule has 3 rings (SSSR count). The van der Waals surface area contributed by atoms with Crippen molar-refractivity contribution in [3.05, 3.63) is 65.2 Å². The number of amides is 2. The van der Waals surface area contributed by atoms with E-state index in [9.17, 15) is 9.59 Å². The molecule has 2 aromatic rings. The zero-order chi connectivity index (χ0) is 23.0. The molecule has 0 spiro atoms. The monoisotopic (exact) mass is 436 g/mol. The minimum absolute atomic E-state index is 0.0189. The standard InChI is InChI=1S/C27H37N3O2/c1-4-5-16-28-27(32)24-15-10-17-30(19-24,18-23-13-7-6-8-14-23)20-25(31)29-26-21(2)11-9-12-22(26)3/h6-9,11-14,24H,4-5,10,15-20H2,1-3H3,(H-,28,29,31,32)/p+1. The van der Waals surface area contributed by atoms with Gasteiger partial charge in [0.1, 0.15) is 6.54 Å². The highest BCUT2D eigenvalue weighted by Gasteiger charge is 2.40. The van der Waals surface area contributed by atoms with E-state index in [-0.39, 0.29) is 17.7 Å². The van der Waals surface area contributed by atoms with Gasteiger partial charge in [0, 0.05) is 17.8 Å². The van der Waals surface area contributed by atoms with E-state index in [1.807, 2.05) is 50.2 Å². The van der Waals surface area contributed by atoms with Crippen molar-refractivity contribution in [3.63, 3.8) is 0 Å². The summed E-state index contributed by atoms with van der Waals surface area (Å²) in [6.07, 6.45) is 3.92. The molecule has 2 unspecified atom stereocenters. The molecule has 1 fully saturated rings. The first-order chi connectivity index (χ1) is 15.4. The van der Waals surface area contributed by atoms with Crippen LogP contribution in [-0.4, -0.2) is 42.5 Å². The normalized spacial score (nSPS) is 20.5. The first kappa shape index (κ1) is 24.0. The summed E-state index contributed by atoms with van der Waals surface area (Å²) in [5.41, 5.74) is 4.25. The van der Waals surface area contributed by atoms with Crippen molar-refractivity contribution in [2.45, 2.75) is 53.0 Å². The van der Waals surface area contributed by atoms with Gasteiger partial charge in [0.05, 0.1) is 19.0 Å². The van der Waals surface area contributed by atoms with Crippen molar-refractivity contribution >= 4 is 17.5 Å². The van der Waals surface area contributed by atoms with Crippen LogP contribution >= 0.6 is 0 Å². The fraction of sp³-hybridized carbons (Fsp3) is 0.481. The van der Waals surface area contributed by atoms with Crippen molar-refractivity contribution in [1.29, 1.82) is 0 Å². The van der Waals surface area contributed by atoms with E-state index < -0.39 is 0 Å². The predicted molar refractivity (Wildman–Crippen MR) is 130 cm³/mol. The van der Waals surface area contributed by atoms with Crippen molar-refractivity contribution in [2.75, 3.05) is 31.5 Å². The number of unbranched alkanes of at least 4 members (excludes halogenated alkanes) is 1. The van der Waals surface area contributed by atoms with Crippen LogP contribution in [0.5, 0.6) is 0 Å². The molecule has 0 aliphatic carbocycles. The van der Waals surface area contributed by atoms with Crippen LogP contribution in [-0.2, 0) is 16.1 Å². The Hall–Kier alpha value is -2.66. The summed E-state index contributed by atoms with van der Waals surface area (Å²) in [6.45, 7) is 9.66. The number of carbonyl (C=O) groups is 2. The van der Waals surface area contributed by atoms with Crippen LogP contribution in [0.4, 0.5) is 5.69 Å². The zero-order valence-electron chi connectivity index (χ0n) is 19.8. The Morgan fingerprint density at radius 3 is 2.44 bits per heavy atom. The van der Waals surface area contributed by atoms with Crippen LogP contribution in [0.25, 0.3) is 0 Å². The van der Waals surface area contributed by atoms with Gasteiger partial charge in [0.2, 0.25) is 5.91 Å². The molecule has 32 heavy (non-hydrogen) atoms. The van der Waals surface area contributed by atoms with E-state index >= 15 is 0 Å². The maximum Gasteiger partial charge on any atom is 0.279 e. The van der Waals surface area contributed by atoms with Crippen LogP contribution < -0.4 is 10.6 Å². The smallest absolute Gasteiger partial charge is 0.279 e. The summed E-state index contributed by atoms with van der Waals surface area (Å²) in [5, 5.41) is 6.28. The molecule has 5 heteroatoms. The Kier molecular flexibility index (Phi) is 8.46. The Morgan fingerprint density at radius 1 is 1.03 bits per heavy atom. The molecule has 1 saturated heterocycles. The van der Waals surface area contributed by atoms with Gasteiger partial charge in [0.15, 0.2) is 6.54 Å². The second kappa shape index (κ2) is 11.3. The third-order valence-corrected chi connectivity index (χ3v) is 6.58. The van der Waals surface area contributed by atoms with Crippen molar-refractivity contribution < 1.29 is 14.1 Å². The molecule has 1 aliphatic rings. The number of para-hydroxylation sites is 1. The third-order valence-electron chi connectivity index (χ3n) is 6.58. The molecule has 5 nitrogen and oxygen atoms in total. The van der Waals surface area contributed by atoms with Crippen LogP contribution in [0.3, 0.4) is 0 Å². The molecule has 2 N–H and O–H groups in total. The minimum atomic E-state index is -0.0442. The number of aryl methyl sites for hydroxylation is 2. The van der Waals surface area contributed by atoms with Gasteiger partial charge in [-0.2, -0.15) is 0 Å². The molecular formula is C27H38N3O2+. The first-order valence-electron chi connectivity index (χ1n) is 12.0. The fourth-order valence-corrected chi connectivity index (χ4v) is 4.88. The Balaban J connectivity index is 1.78. The summed E-state index contributed by atoms with van der Waals surface area (Å²) in [6, 6.07) is 16.4. The number of nitrogens with zero attached hydrogens (tertiary/aromatic N) is 1. The van der Waals surface area contributed by atoms with E-state index in [2.05, 4.69) is 29.7 Å². The number of likely N-dealkylation sites (tertiary alicyclic amines) is 1. The quantitative estimate of drug-likeness (QED) is 0.446. The summed E-state index contributed by atoms with van der Waals surface area (Å²) < 4.78 is 0.618. The summed E-state index contributed by atoms with van der Waals surface area (Å²) in [7, 11) is 0. The number of benzene rings is 2. The van der Waals surface area contributed by atoms with Gasteiger partial charge >= 0.3 is 0 Å². The summed E-state index contributed by atoms with van der Waals surface area (Å²) in [4.78, 5) is 26.1. The minimum Gasteiger partial charge on any atom is -0.356 e. The van der Waals surface area contributed by atoms with Crippen LogP contribution in [0, 0.1) is 19.8 Å². The van der Waals surface area contributed by atoms with Gasteiger partial charge in [-0.15, -0.1) is 0 Å². The zero-order valence-corrected chi connectivity index (χ0v) is 19.8. The van der Waals surface area contributed by atoms with E-state index in [1.54, 1.807) is 0 Å². The molecule has 2 amide bonds. The first-order valence-corrected chi connectivity index (χ1v) is 12.0. The molecule has 1 heterocycles. The molecule has 0 radical (unpaired) electrons. The van der Waals surface area contributed by atoms with Gasteiger partial charge in [-0.25, -0.2) is 0 Å². The van der Waals surface area contributed by atoms with E-state index in [4.69, 9.17) is 0 Å². The lowest BCUT2D eigenvalue weighted by Crippen LogP contribution is -2.58. The number of hydrogen-bond acceptors (Lipinski definition) is 2. The van der Waals surface area contributed by atoms with Gasteiger partial charge in [-0.3, -0.25) is 9.59 Å². The average Bonchev–Trinajstić information content (AvgIpc) is 2.77. The molecule has 0 aromatic heterocycles. The third kappa shape index (κ3) is 6.42. The Morgan fingerprint density at radius 2 is 1.75 bits per heavy atom. The molecule has 0 saturated carbocycles. The number of piperidine rings is 1. The largest absolute Gasteiger partial charge is 0.356 e. The highest BCUT2D eigenvalue weighted by Crippen LogP contribution is 2.28. The second-order valence-electron chi connectivity index (χ2n) is 9.35. The molecular weight excluding hydrogens is 398 g/mol. The summed E-state index contributed by atoms with van der Waals surface area (Å²) >= 11 is 0. The second-order valence-corrected chi connectivity index (χ2v) is 9.35. The number of carbonyl (C=O) groups excluding carboxylic acids is 2. The van der Waals surface area contributed by atoms with Crippen LogP contribution in [0.2, 0.25) is 0 Å². The lowest BCUT2D eigenvalue weighted by molar-refractivity contribution is -0.940. The predicted octanol–water partition coefficient (Wildman–Crippen LogP) is 4.59. The van der Waals surface area contributed by atoms with Crippen LogP contribution in [0.1, 0.15) is 49.3 Å². The van der Waals surface area contributed by atoms with Gasteiger partial charge in [-0.05, 0) is 44.2 Å².